The molecule has 164 valence electrons. The van der Waals surface area contributed by atoms with Crippen LogP contribution in [0.5, 0.6) is 0 Å². The van der Waals surface area contributed by atoms with Crippen LogP contribution in [0.2, 0.25) is 5.02 Å². The molecule has 7 heteroatoms. The molecule has 0 radical (unpaired) electrons. The fourth-order valence-electron chi connectivity index (χ4n) is 3.26. The van der Waals surface area contributed by atoms with Crippen molar-refractivity contribution in [1.29, 1.82) is 0 Å². The Morgan fingerprint density at radius 2 is 1.90 bits per heavy atom. The van der Waals surface area contributed by atoms with Gasteiger partial charge < -0.3 is 9.47 Å². The largest absolute Gasteiger partial charge is 0.455 e. The Kier molecular flexibility index (Phi) is 6.70. The number of carbonyl (C=O) groups is 1. The van der Waals surface area contributed by atoms with Gasteiger partial charge in [-0.25, -0.2) is 4.79 Å². The van der Waals surface area contributed by atoms with Crippen LogP contribution in [0.15, 0.2) is 41.9 Å². The molecule has 2 heterocycles. The first-order valence-electron chi connectivity index (χ1n) is 10.2. The van der Waals surface area contributed by atoms with E-state index < -0.39 is 5.97 Å². The second kappa shape index (κ2) is 9.10. The number of aromatic nitrogens is 2. The summed E-state index contributed by atoms with van der Waals surface area (Å²) in [5, 5.41) is 5.01. The Hall–Kier alpha value is -2.86. The Morgan fingerprint density at radius 1 is 1.26 bits per heavy atom. The predicted octanol–water partition coefficient (Wildman–Crippen LogP) is 5.19. The number of hydrogen-bond donors (Lipinski definition) is 0. The lowest BCUT2D eigenvalue weighted by molar-refractivity contribution is -0.145. The van der Waals surface area contributed by atoms with Gasteiger partial charge >= 0.3 is 5.97 Å². The van der Waals surface area contributed by atoms with E-state index in [-0.39, 0.29) is 18.2 Å². The van der Waals surface area contributed by atoms with Crippen molar-refractivity contribution in [3.05, 3.63) is 64.5 Å². The van der Waals surface area contributed by atoms with Crippen LogP contribution in [0.1, 0.15) is 50.2 Å². The number of ether oxygens (including phenoxy) is 2. The van der Waals surface area contributed by atoms with Gasteiger partial charge in [-0.1, -0.05) is 63.2 Å². The van der Waals surface area contributed by atoms with Crippen molar-refractivity contribution in [3.63, 3.8) is 0 Å². The van der Waals surface area contributed by atoms with E-state index in [2.05, 4.69) is 61.7 Å². The van der Waals surface area contributed by atoms with Gasteiger partial charge in [0.25, 0.3) is 0 Å². The molecule has 0 saturated carbocycles. The van der Waals surface area contributed by atoms with Crippen molar-refractivity contribution in [2.75, 3.05) is 6.79 Å². The van der Waals surface area contributed by atoms with E-state index in [4.69, 9.17) is 21.1 Å². The lowest BCUT2D eigenvalue weighted by Crippen LogP contribution is -2.13. The van der Waals surface area contributed by atoms with Crippen LogP contribution in [0.25, 0.3) is 11.3 Å². The van der Waals surface area contributed by atoms with E-state index in [0.29, 0.717) is 28.7 Å². The molecule has 3 rings (SSSR count). The van der Waals surface area contributed by atoms with Crippen LogP contribution in [-0.2, 0) is 26.2 Å². The molecule has 31 heavy (non-hydrogen) atoms. The minimum atomic E-state index is -0.565. The average molecular weight is 442 g/mol. The molecule has 6 nitrogen and oxygen atoms in total. The second-order valence-corrected chi connectivity index (χ2v) is 8.68. The summed E-state index contributed by atoms with van der Waals surface area (Å²) >= 11 is 6.64. The Labute approximate surface area is 188 Å². The molecule has 2 aromatic rings. The van der Waals surface area contributed by atoms with Crippen molar-refractivity contribution in [3.8, 4) is 0 Å². The minimum absolute atomic E-state index is 0.0396. The van der Waals surface area contributed by atoms with Gasteiger partial charge in [0.05, 0.1) is 10.7 Å². The van der Waals surface area contributed by atoms with Crippen molar-refractivity contribution in [2.24, 2.45) is 4.99 Å². The first kappa shape index (κ1) is 22.8. The first-order valence-corrected chi connectivity index (χ1v) is 10.6. The van der Waals surface area contributed by atoms with Gasteiger partial charge in [-0.15, -0.1) is 0 Å². The summed E-state index contributed by atoms with van der Waals surface area (Å²) in [4.78, 5) is 15.9. The number of nitrogens with zero attached hydrogens (tertiary/aromatic N) is 3. The fourth-order valence-corrected chi connectivity index (χ4v) is 3.48. The summed E-state index contributed by atoms with van der Waals surface area (Å²) < 4.78 is 12.9. The quantitative estimate of drug-likeness (QED) is 0.245. The molecule has 1 unspecified atom stereocenters. The van der Waals surface area contributed by atoms with Gasteiger partial charge in [-0.05, 0) is 30.4 Å². The maximum atomic E-state index is 11.5. The molecule has 0 N–H and O–H groups in total. The molecule has 1 aliphatic rings. The Morgan fingerprint density at radius 3 is 2.42 bits per heavy atom. The highest BCUT2D eigenvalue weighted by molar-refractivity contribution is 6.33. The molecule has 0 aliphatic carbocycles. The summed E-state index contributed by atoms with van der Waals surface area (Å²) in [5.74, 6) is -0.0697. The van der Waals surface area contributed by atoms with Crippen LogP contribution in [0.3, 0.4) is 0 Å². The molecule has 0 spiro atoms. The fraction of sp³-hybridized carbons (Fsp3) is 0.375. The van der Waals surface area contributed by atoms with Crippen molar-refractivity contribution >= 4 is 35.1 Å². The number of carbonyl (C=O) groups excluding carboxylic acids is 1. The highest BCUT2D eigenvalue weighted by Gasteiger charge is 2.30. The van der Waals surface area contributed by atoms with E-state index in [9.17, 15) is 4.79 Å². The number of aryl methyl sites for hydroxylation is 2. The molecule has 1 aromatic heterocycles. The highest BCUT2D eigenvalue weighted by Crippen LogP contribution is 2.38. The monoisotopic (exact) mass is 441 g/mol. The standard InChI is InChI=1S/C24H28ClN3O3/c1-7-19(29)30-14-31-23(22-21(25)15(3)27-28(22)8-2)20(18-13-26-18)16-9-11-17(12-10-16)24(4,5)6/h7,9-13,18H,1,8,14H2,2-6H3/b23-20+. The Balaban J connectivity index is 2.13. The topological polar surface area (TPSA) is 65.7 Å². The van der Waals surface area contributed by atoms with E-state index in [1.54, 1.807) is 4.68 Å². The maximum Gasteiger partial charge on any atom is 0.333 e. The molecule has 0 fully saturated rings. The van der Waals surface area contributed by atoms with Gasteiger partial charge in [0.2, 0.25) is 6.79 Å². The van der Waals surface area contributed by atoms with E-state index >= 15 is 0 Å². The molecule has 1 atom stereocenters. The molecule has 0 bridgehead atoms. The third-order valence-corrected chi connectivity index (χ3v) is 5.49. The lowest BCUT2D eigenvalue weighted by atomic mass is 9.86. The number of hydrogen-bond acceptors (Lipinski definition) is 5. The molecule has 0 saturated heterocycles. The highest BCUT2D eigenvalue weighted by atomic mass is 35.5. The van der Waals surface area contributed by atoms with Crippen LogP contribution < -0.4 is 0 Å². The molecular weight excluding hydrogens is 414 g/mol. The molecule has 0 amide bonds. The zero-order chi connectivity index (χ0) is 22.8. The van der Waals surface area contributed by atoms with Gasteiger partial charge in [-0.3, -0.25) is 9.67 Å². The van der Waals surface area contributed by atoms with Crippen LogP contribution in [0.4, 0.5) is 0 Å². The van der Waals surface area contributed by atoms with E-state index in [0.717, 1.165) is 17.2 Å². The zero-order valence-corrected chi connectivity index (χ0v) is 19.4. The van der Waals surface area contributed by atoms with Crippen LogP contribution in [0, 0.1) is 6.92 Å². The molecule has 1 aliphatic heterocycles. The number of benzene rings is 1. The Bertz CT molecular complexity index is 1040. The summed E-state index contributed by atoms with van der Waals surface area (Å²) in [5.41, 5.74) is 4.41. The normalized spacial score (nSPS) is 16.0. The number of rotatable bonds is 8. The van der Waals surface area contributed by atoms with Crippen molar-refractivity contribution < 1.29 is 14.3 Å². The molecular formula is C24H28ClN3O3. The summed E-state index contributed by atoms with van der Waals surface area (Å²) in [6.45, 7) is 14.1. The number of halogens is 1. The van der Waals surface area contributed by atoms with Crippen LogP contribution >= 0.6 is 11.6 Å². The zero-order valence-electron chi connectivity index (χ0n) is 18.6. The van der Waals surface area contributed by atoms with Gasteiger partial charge in [0.15, 0.2) is 5.76 Å². The smallest absolute Gasteiger partial charge is 0.333 e. The van der Waals surface area contributed by atoms with Gasteiger partial charge in [0, 0.05) is 24.4 Å². The second-order valence-electron chi connectivity index (χ2n) is 8.31. The SMILES string of the molecule is C=CC(=O)OCO/C(=C(\c1ccc(C(C)(C)C)cc1)C1C=N1)c1c(Cl)c(C)nn1CC. The van der Waals surface area contributed by atoms with E-state index in [1.165, 1.54) is 5.56 Å². The minimum Gasteiger partial charge on any atom is -0.455 e. The lowest BCUT2D eigenvalue weighted by Gasteiger charge is -2.21. The number of aliphatic imine (C=N–C) groups is 1. The van der Waals surface area contributed by atoms with Crippen LogP contribution in [-0.4, -0.2) is 34.8 Å². The summed E-state index contributed by atoms with van der Waals surface area (Å²) in [6, 6.07) is 8.20. The summed E-state index contributed by atoms with van der Waals surface area (Å²) in [6.07, 6.45) is 2.94. The average Bonchev–Trinajstić information content (AvgIpc) is 3.52. The first-order chi connectivity index (χ1) is 14.7. The third-order valence-electron chi connectivity index (χ3n) is 5.04. The van der Waals surface area contributed by atoms with Crippen molar-refractivity contribution in [2.45, 2.75) is 52.6 Å². The van der Waals surface area contributed by atoms with E-state index in [1.807, 2.05) is 20.1 Å². The summed E-state index contributed by atoms with van der Waals surface area (Å²) in [7, 11) is 0. The predicted molar refractivity (Wildman–Crippen MR) is 124 cm³/mol. The third kappa shape index (κ3) is 5.07. The van der Waals surface area contributed by atoms with Crippen molar-refractivity contribution in [1.82, 2.24) is 9.78 Å². The maximum absolute atomic E-state index is 11.5. The molecule has 1 aromatic carbocycles. The van der Waals surface area contributed by atoms with Gasteiger partial charge in [0.1, 0.15) is 11.7 Å². The van der Waals surface area contributed by atoms with Gasteiger partial charge in [-0.2, -0.15) is 5.10 Å². The number of esters is 1.